The number of carbonyl (C=O) groups excluding carboxylic acids is 1. The molecule has 3 aromatic carbocycles. The van der Waals surface area contributed by atoms with Crippen LogP contribution in [0.3, 0.4) is 0 Å². The number of aromatic hydroxyl groups is 1. The molecule has 0 radical (unpaired) electrons. The topological polar surface area (TPSA) is 115 Å². The van der Waals surface area contributed by atoms with Crippen LogP contribution in [0.5, 0.6) is 11.6 Å². The summed E-state index contributed by atoms with van der Waals surface area (Å²) in [5, 5.41) is 14.1. The standard InChI is InChI=1S/C34H43FIN3O6Si2/c1-22(23-11-9-8-10-12-23)31(32(40)37-29-18-15-25(36)19-28(29)35)39-33(41)30(38-34(39)42)24-13-16-26(17-14-24)45-27(20-43-46(2,3)4)21-44-47(5,6)7/h8-19,22,27,31,41H,20-21H2,1-7H3,(H,37,40)(H,38,42)/t22-,31-/m0/s1. The molecule has 0 bridgehead atoms. The fourth-order valence-electron chi connectivity index (χ4n) is 4.90. The number of hydrogen-bond acceptors (Lipinski definition) is 6. The van der Waals surface area contributed by atoms with Gasteiger partial charge in [0.25, 0.3) is 0 Å². The van der Waals surface area contributed by atoms with Crippen molar-refractivity contribution in [2.75, 3.05) is 18.5 Å². The second-order valence-corrected chi connectivity index (χ2v) is 23.6. The van der Waals surface area contributed by atoms with E-state index in [4.69, 9.17) is 13.6 Å². The molecule has 1 heterocycles. The maximum Gasteiger partial charge on any atom is 0.329 e. The molecular weight excluding hydrogens is 748 g/mol. The Bertz CT molecular complexity index is 1700. The Morgan fingerprint density at radius 3 is 2.11 bits per heavy atom. The fourth-order valence-corrected chi connectivity index (χ4v) is 6.72. The van der Waals surface area contributed by atoms with Crippen LogP contribution >= 0.6 is 22.6 Å². The molecule has 3 N–H and O–H groups in total. The normalized spacial score (nSPS) is 13.4. The summed E-state index contributed by atoms with van der Waals surface area (Å²) < 4.78 is 34.9. The number of imidazole rings is 1. The summed E-state index contributed by atoms with van der Waals surface area (Å²) in [5.74, 6) is -1.67. The second kappa shape index (κ2) is 15.3. The second-order valence-electron chi connectivity index (χ2n) is 13.4. The monoisotopic (exact) mass is 791 g/mol. The van der Waals surface area contributed by atoms with Crippen molar-refractivity contribution in [2.45, 2.75) is 64.3 Å². The third kappa shape index (κ3) is 10.1. The molecule has 0 saturated carbocycles. The van der Waals surface area contributed by atoms with Gasteiger partial charge in [0.2, 0.25) is 11.8 Å². The highest BCUT2D eigenvalue weighted by Gasteiger charge is 2.34. The number of benzene rings is 3. The number of halogens is 2. The van der Waals surface area contributed by atoms with Crippen molar-refractivity contribution in [3.8, 4) is 22.9 Å². The molecule has 47 heavy (non-hydrogen) atoms. The number of amides is 1. The molecule has 13 heteroatoms. The van der Waals surface area contributed by atoms with Gasteiger partial charge in [0.15, 0.2) is 16.6 Å². The first-order valence-electron chi connectivity index (χ1n) is 15.4. The SMILES string of the molecule is C[C@@H](c1ccccc1)[C@@H](C(=O)Nc1ccc(I)cc1F)n1c(O)c(-c2ccc(OC(CO[Si](C)(C)C)CO[Si](C)(C)C)cc2)[nH]c1=O. The molecule has 252 valence electrons. The van der Waals surface area contributed by atoms with Crippen molar-refractivity contribution >= 4 is 50.8 Å². The number of H-pyrrole nitrogens is 1. The maximum absolute atomic E-state index is 14.7. The lowest BCUT2D eigenvalue weighted by atomic mass is 9.92. The van der Waals surface area contributed by atoms with E-state index in [1.807, 2.05) is 52.9 Å². The van der Waals surface area contributed by atoms with Crippen LogP contribution in [0.25, 0.3) is 11.3 Å². The minimum atomic E-state index is -1.78. The van der Waals surface area contributed by atoms with Gasteiger partial charge in [-0.05, 0) is 110 Å². The molecule has 0 spiro atoms. The van der Waals surface area contributed by atoms with Crippen molar-refractivity contribution in [1.82, 2.24) is 9.55 Å². The highest BCUT2D eigenvalue weighted by molar-refractivity contribution is 14.1. The average Bonchev–Trinajstić information content (AvgIpc) is 3.29. The van der Waals surface area contributed by atoms with E-state index in [0.717, 1.165) is 10.1 Å². The molecule has 0 aliphatic rings. The number of carbonyl (C=O) groups is 1. The number of nitrogens with one attached hydrogen (secondary N) is 2. The van der Waals surface area contributed by atoms with E-state index >= 15 is 0 Å². The lowest BCUT2D eigenvalue weighted by Crippen LogP contribution is -2.38. The van der Waals surface area contributed by atoms with Crippen molar-refractivity contribution in [3.05, 3.63) is 98.2 Å². The Hall–Kier alpha value is -3.25. The Labute approximate surface area is 290 Å². The Morgan fingerprint density at radius 1 is 0.957 bits per heavy atom. The summed E-state index contributed by atoms with van der Waals surface area (Å²) >= 11 is 1.98. The van der Waals surface area contributed by atoms with E-state index in [1.54, 1.807) is 37.3 Å². The Kier molecular flexibility index (Phi) is 11.9. The molecule has 9 nitrogen and oxygen atoms in total. The largest absolute Gasteiger partial charge is 0.493 e. The highest BCUT2D eigenvalue weighted by Crippen LogP contribution is 2.36. The van der Waals surface area contributed by atoms with Gasteiger partial charge in [-0.15, -0.1) is 0 Å². The van der Waals surface area contributed by atoms with Gasteiger partial charge >= 0.3 is 5.69 Å². The van der Waals surface area contributed by atoms with Crippen molar-refractivity contribution in [1.29, 1.82) is 0 Å². The molecular formula is C34H43FIN3O6Si2. The zero-order valence-corrected chi connectivity index (χ0v) is 31.9. The molecule has 0 aliphatic carbocycles. The Balaban J connectivity index is 1.64. The van der Waals surface area contributed by atoms with E-state index in [2.05, 4.69) is 49.6 Å². The van der Waals surface area contributed by atoms with E-state index in [0.29, 0.717) is 28.1 Å². The van der Waals surface area contributed by atoms with Crippen LogP contribution < -0.4 is 15.7 Å². The third-order valence-corrected chi connectivity index (χ3v) is 10.0. The molecule has 1 amide bonds. The molecule has 0 unspecified atom stereocenters. The number of ether oxygens (including phenoxy) is 1. The summed E-state index contributed by atoms with van der Waals surface area (Å²) in [7, 11) is -3.57. The van der Waals surface area contributed by atoms with Gasteiger partial charge < -0.3 is 29.0 Å². The van der Waals surface area contributed by atoms with Gasteiger partial charge in [-0.2, -0.15) is 0 Å². The molecule has 2 atom stereocenters. The van der Waals surface area contributed by atoms with Gasteiger partial charge in [0.05, 0.1) is 18.9 Å². The van der Waals surface area contributed by atoms with E-state index < -0.39 is 51.9 Å². The van der Waals surface area contributed by atoms with Crippen LogP contribution in [0.15, 0.2) is 77.6 Å². The van der Waals surface area contributed by atoms with E-state index in [9.17, 15) is 19.1 Å². The van der Waals surface area contributed by atoms with Crippen molar-refractivity contribution in [3.63, 3.8) is 0 Å². The molecule has 4 aromatic rings. The molecule has 0 aliphatic heterocycles. The summed E-state index contributed by atoms with van der Waals surface area (Å²) in [6.45, 7) is 15.3. The number of anilines is 1. The zero-order valence-electron chi connectivity index (χ0n) is 27.8. The third-order valence-electron chi connectivity index (χ3n) is 7.29. The number of rotatable bonds is 14. The van der Waals surface area contributed by atoms with Gasteiger partial charge in [-0.1, -0.05) is 37.3 Å². The summed E-state index contributed by atoms with van der Waals surface area (Å²) in [4.78, 5) is 30.0. The molecule has 0 saturated heterocycles. The van der Waals surface area contributed by atoms with Crippen LogP contribution in [-0.4, -0.2) is 56.5 Å². The predicted octanol–water partition coefficient (Wildman–Crippen LogP) is 7.73. The van der Waals surface area contributed by atoms with Crippen molar-refractivity contribution in [2.24, 2.45) is 0 Å². The Morgan fingerprint density at radius 2 is 1.55 bits per heavy atom. The van der Waals surface area contributed by atoms with Gasteiger partial charge in [0.1, 0.15) is 29.4 Å². The van der Waals surface area contributed by atoms with Gasteiger partial charge in [0, 0.05) is 15.1 Å². The molecule has 0 fully saturated rings. The van der Waals surface area contributed by atoms with Gasteiger partial charge in [-0.3, -0.25) is 4.79 Å². The number of nitrogens with zero attached hydrogens (tertiary/aromatic N) is 1. The first kappa shape index (κ1) is 36.6. The quantitative estimate of drug-likeness (QED) is 0.0891. The lowest BCUT2D eigenvalue weighted by molar-refractivity contribution is -0.120. The fraction of sp³-hybridized carbons (Fsp3) is 0.353. The minimum absolute atomic E-state index is 0.0247. The van der Waals surface area contributed by atoms with Crippen LogP contribution in [0, 0.1) is 9.39 Å². The lowest BCUT2D eigenvalue weighted by Gasteiger charge is -2.27. The summed E-state index contributed by atoms with van der Waals surface area (Å²) in [6, 6.07) is 19.3. The van der Waals surface area contributed by atoms with E-state index in [1.165, 1.54) is 12.1 Å². The molecule has 4 rings (SSSR count). The molecule has 1 aromatic heterocycles. The van der Waals surface area contributed by atoms with Crippen molar-refractivity contribution < 1.29 is 27.9 Å². The van der Waals surface area contributed by atoms with Crippen LogP contribution in [0.1, 0.15) is 24.4 Å². The maximum atomic E-state index is 14.7. The first-order chi connectivity index (χ1) is 22.0. The predicted molar refractivity (Wildman–Crippen MR) is 197 cm³/mol. The van der Waals surface area contributed by atoms with Crippen LogP contribution in [-0.2, 0) is 13.6 Å². The first-order valence-corrected chi connectivity index (χ1v) is 23.3. The average molecular weight is 792 g/mol. The summed E-state index contributed by atoms with van der Waals surface area (Å²) in [5.41, 5.74) is 0.700. The smallest absolute Gasteiger partial charge is 0.329 e. The van der Waals surface area contributed by atoms with Crippen LogP contribution in [0.2, 0.25) is 39.3 Å². The minimum Gasteiger partial charge on any atom is -0.493 e. The summed E-state index contributed by atoms with van der Waals surface area (Å²) in [6.07, 6.45) is -0.315. The number of aromatic amines is 1. The number of aromatic nitrogens is 2. The van der Waals surface area contributed by atoms with Crippen LogP contribution in [0.4, 0.5) is 10.1 Å². The van der Waals surface area contributed by atoms with Gasteiger partial charge in [-0.25, -0.2) is 13.8 Å². The number of hydrogen-bond donors (Lipinski definition) is 3. The zero-order chi connectivity index (χ0) is 34.5. The highest BCUT2D eigenvalue weighted by atomic mass is 127. The van der Waals surface area contributed by atoms with E-state index in [-0.39, 0.29) is 17.5 Å².